The molecular weight excluding hydrogens is 316 g/mol. The topological polar surface area (TPSA) is 34.1 Å². The van der Waals surface area contributed by atoms with Crippen LogP contribution in [0.4, 0.5) is 0 Å². The van der Waals surface area contributed by atoms with Gasteiger partial charge in [-0.2, -0.15) is 0 Å². The average Bonchev–Trinajstić information content (AvgIpc) is 2.48. The van der Waals surface area contributed by atoms with Crippen molar-refractivity contribution < 1.29 is 4.74 Å². The molecule has 1 heterocycles. The van der Waals surface area contributed by atoms with E-state index >= 15 is 0 Å². The van der Waals surface area contributed by atoms with Gasteiger partial charge in [0, 0.05) is 12.1 Å². The molecule has 106 valence electrons. The maximum atomic E-state index is 6.12. The normalized spacial score (nSPS) is 12.2. The predicted molar refractivity (Wildman–Crippen MR) is 85.0 cm³/mol. The van der Waals surface area contributed by atoms with Gasteiger partial charge in [0.05, 0.1) is 4.47 Å². The second-order valence-corrected chi connectivity index (χ2v) is 5.50. The van der Waals surface area contributed by atoms with Gasteiger partial charge < -0.3 is 10.1 Å². The summed E-state index contributed by atoms with van der Waals surface area (Å²) < 4.78 is 7.00. The minimum Gasteiger partial charge on any atom is -0.469 e. The maximum absolute atomic E-state index is 6.12. The predicted octanol–water partition coefficient (Wildman–Crippen LogP) is 3.88. The van der Waals surface area contributed by atoms with E-state index in [1.54, 1.807) is 0 Å². The number of hydrogen-bond acceptors (Lipinski definition) is 3. The van der Waals surface area contributed by atoms with Crippen LogP contribution < -0.4 is 10.1 Å². The van der Waals surface area contributed by atoms with Crippen molar-refractivity contribution in [3.8, 4) is 5.88 Å². The lowest BCUT2D eigenvalue weighted by Gasteiger charge is -2.20. The third kappa shape index (κ3) is 4.05. The van der Waals surface area contributed by atoms with E-state index in [0.29, 0.717) is 5.88 Å². The summed E-state index contributed by atoms with van der Waals surface area (Å²) in [5.41, 5.74) is 2.11. The fourth-order valence-electron chi connectivity index (χ4n) is 1.97. The van der Waals surface area contributed by atoms with Crippen molar-refractivity contribution in [2.75, 3.05) is 13.6 Å². The third-order valence-electron chi connectivity index (χ3n) is 3.03. The Morgan fingerprint density at radius 2 is 1.95 bits per heavy atom. The summed E-state index contributed by atoms with van der Waals surface area (Å²) in [6, 6.07) is 14.2. The Hall–Kier alpha value is -1.39. The highest BCUT2D eigenvalue weighted by Crippen LogP contribution is 2.29. The summed E-state index contributed by atoms with van der Waals surface area (Å²) >= 11 is 3.50. The van der Waals surface area contributed by atoms with Crippen LogP contribution in [0.15, 0.2) is 46.9 Å². The van der Waals surface area contributed by atoms with Crippen molar-refractivity contribution in [3.05, 3.63) is 58.2 Å². The van der Waals surface area contributed by atoms with Crippen LogP contribution in [0, 0.1) is 6.92 Å². The Bertz CT molecular complexity index is 545. The molecule has 2 aromatic rings. The number of pyridine rings is 1. The largest absolute Gasteiger partial charge is 0.469 e. The molecule has 4 heteroatoms. The number of hydrogen-bond donors (Lipinski definition) is 1. The molecule has 0 aliphatic heterocycles. The first-order valence-corrected chi connectivity index (χ1v) is 7.49. The van der Waals surface area contributed by atoms with Gasteiger partial charge in [-0.1, -0.05) is 30.3 Å². The lowest BCUT2D eigenvalue weighted by atomic mass is 10.1. The maximum Gasteiger partial charge on any atom is 0.228 e. The standard InChI is InChI=1S/C16H19BrN2O/c1-12-8-9-14(17)16(19-12)20-15(10-11-18-2)13-6-4-3-5-7-13/h3-9,15,18H,10-11H2,1-2H3/t15-/m1/s1. The van der Waals surface area contributed by atoms with Gasteiger partial charge >= 0.3 is 0 Å². The van der Waals surface area contributed by atoms with Gasteiger partial charge in [0.1, 0.15) is 6.10 Å². The zero-order chi connectivity index (χ0) is 14.4. The Morgan fingerprint density at radius 1 is 1.20 bits per heavy atom. The van der Waals surface area contributed by atoms with Crippen molar-refractivity contribution >= 4 is 15.9 Å². The van der Waals surface area contributed by atoms with Gasteiger partial charge in [-0.15, -0.1) is 0 Å². The van der Waals surface area contributed by atoms with Crippen LogP contribution in [-0.4, -0.2) is 18.6 Å². The molecule has 1 atom stereocenters. The lowest BCUT2D eigenvalue weighted by Crippen LogP contribution is -2.16. The quantitative estimate of drug-likeness (QED) is 0.870. The van der Waals surface area contributed by atoms with Crippen molar-refractivity contribution in [2.45, 2.75) is 19.4 Å². The molecule has 2 rings (SSSR count). The van der Waals surface area contributed by atoms with E-state index in [1.165, 1.54) is 0 Å². The van der Waals surface area contributed by atoms with E-state index in [9.17, 15) is 0 Å². The van der Waals surface area contributed by atoms with E-state index in [4.69, 9.17) is 4.74 Å². The summed E-state index contributed by atoms with van der Waals surface area (Å²) in [6.45, 7) is 2.85. The second kappa shape index (κ2) is 7.41. The van der Waals surface area contributed by atoms with Gasteiger partial charge in [0.2, 0.25) is 5.88 Å². The minimum absolute atomic E-state index is 0.00532. The number of halogens is 1. The molecule has 0 amide bonds. The van der Waals surface area contributed by atoms with E-state index in [1.807, 2.05) is 44.3 Å². The van der Waals surface area contributed by atoms with Crippen molar-refractivity contribution in [2.24, 2.45) is 0 Å². The van der Waals surface area contributed by atoms with Gasteiger partial charge in [-0.05, 0) is 54.1 Å². The van der Waals surface area contributed by atoms with Crippen LogP contribution in [0.3, 0.4) is 0 Å². The average molecular weight is 335 g/mol. The van der Waals surface area contributed by atoms with Crippen molar-refractivity contribution in [3.63, 3.8) is 0 Å². The third-order valence-corrected chi connectivity index (χ3v) is 3.64. The van der Waals surface area contributed by atoms with Crippen molar-refractivity contribution in [1.29, 1.82) is 0 Å². The number of aromatic nitrogens is 1. The number of ether oxygens (including phenoxy) is 1. The van der Waals surface area contributed by atoms with Crippen LogP contribution in [0.5, 0.6) is 5.88 Å². The molecule has 0 saturated heterocycles. The van der Waals surface area contributed by atoms with Crippen LogP contribution in [0.2, 0.25) is 0 Å². The molecular formula is C16H19BrN2O. The highest BCUT2D eigenvalue weighted by atomic mass is 79.9. The first-order chi connectivity index (χ1) is 9.70. The van der Waals surface area contributed by atoms with Crippen LogP contribution >= 0.6 is 15.9 Å². The lowest BCUT2D eigenvalue weighted by molar-refractivity contribution is 0.185. The molecule has 0 aliphatic carbocycles. The fourth-order valence-corrected chi connectivity index (χ4v) is 2.28. The summed E-state index contributed by atoms with van der Waals surface area (Å²) in [7, 11) is 1.95. The van der Waals surface area contributed by atoms with Crippen molar-refractivity contribution in [1.82, 2.24) is 10.3 Å². The first kappa shape index (κ1) is 15.0. The molecule has 0 unspecified atom stereocenters. The molecule has 1 N–H and O–H groups in total. The van der Waals surface area contributed by atoms with Gasteiger partial charge in [0.15, 0.2) is 0 Å². The monoisotopic (exact) mass is 334 g/mol. The summed E-state index contributed by atoms with van der Waals surface area (Å²) in [4.78, 5) is 4.46. The highest BCUT2D eigenvalue weighted by molar-refractivity contribution is 9.10. The SMILES string of the molecule is CNCC[C@@H](Oc1nc(C)ccc1Br)c1ccccc1. The van der Waals surface area contributed by atoms with Gasteiger partial charge in [0.25, 0.3) is 0 Å². The molecule has 3 nitrogen and oxygen atoms in total. The Balaban J connectivity index is 2.21. The van der Waals surface area contributed by atoms with Gasteiger partial charge in [-0.25, -0.2) is 4.98 Å². The van der Waals surface area contributed by atoms with Gasteiger partial charge in [-0.3, -0.25) is 0 Å². The summed E-state index contributed by atoms with van der Waals surface area (Å²) in [5.74, 6) is 0.648. The zero-order valence-electron chi connectivity index (χ0n) is 11.8. The highest BCUT2D eigenvalue weighted by Gasteiger charge is 2.15. The smallest absolute Gasteiger partial charge is 0.228 e. The molecule has 0 radical (unpaired) electrons. The molecule has 0 saturated carbocycles. The number of nitrogens with zero attached hydrogens (tertiary/aromatic N) is 1. The Morgan fingerprint density at radius 3 is 2.65 bits per heavy atom. The zero-order valence-corrected chi connectivity index (χ0v) is 13.4. The minimum atomic E-state index is -0.00532. The van der Waals surface area contributed by atoms with E-state index < -0.39 is 0 Å². The molecule has 1 aromatic heterocycles. The summed E-state index contributed by atoms with van der Waals surface area (Å²) in [5, 5.41) is 3.17. The first-order valence-electron chi connectivity index (χ1n) is 6.70. The molecule has 20 heavy (non-hydrogen) atoms. The molecule has 0 bridgehead atoms. The van der Waals surface area contributed by atoms with Crippen LogP contribution in [-0.2, 0) is 0 Å². The second-order valence-electron chi connectivity index (χ2n) is 4.65. The number of benzene rings is 1. The molecule has 0 aliphatic rings. The Kier molecular flexibility index (Phi) is 5.56. The fraction of sp³-hybridized carbons (Fsp3) is 0.312. The summed E-state index contributed by atoms with van der Waals surface area (Å²) in [6.07, 6.45) is 0.886. The van der Waals surface area contributed by atoms with Crippen LogP contribution in [0.25, 0.3) is 0 Å². The number of aryl methyl sites for hydroxylation is 1. The molecule has 0 spiro atoms. The molecule has 0 fully saturated rings. The number of rotatable bonds is 6. The molecule has 1 aromatic carbocycles. The van der Waals surface area contributed by atoms with E-state index in [-0.39, 0.29) is 6.10 Å². The van der Waals surface area contributed by atoms with E-state index in [2.05, 4.69) is 38.4 Å². The number of nitrogens with one attached hydrogen (secondary N) is 1. The van der Waals surface area contributed by atoms with Crippen LogP contribution in [0.1, 0.15) is 23.8 Å². The van der Waals surface area contributed by atoms with E-state index in [0.717, 1.165) is 28.7 Å². The Labute approximate surface area is 128 Å².